The van der Waals surface area contributed by atoms with Crippen LogP contribution < -0.4 is 0 Å². The molecule has 1 unspecified atom stereocenters. The molecule has 28 heavy (non-hydrogen) atoms. The summed E-state index contributed by atoms with van der Waals surface area (Å²) in [5.74, 6) is 1.23. The number of nitrogens with zero attached hydrogens (tertiary/aromatic N) is 3. The van der Waals surface area contributed by atoms with Crippen molar-refractivity contribution in [3.63, 3.8) is 0 Å². The summed E-state index contributed by atoms with van der Waals surface area (Å²) in [6, 6.07) is 18.6. The molecule has 0 radical (unpaired) electrons. The summed E-state index contributed by atoms with van der Waals surface area (Å²) in [6.07, 6.45) is 4.76. The molecule has 1 aliphatic heterocycles. The fourth-order valence-corrected chi connectivity index (χ4v) is 4.37. The molecule has 2 heterocycles. The van der Waals surface area contributed by atoms with Gasteiger partial charge < -0.3 is 9.32 Å². The van der Waals surface area contributed by atoms with E-state index in [9.17, 15) is 0 Å². The second-order valence-electron chi connectivity index (χ2n) is 7.56. The van der Waals surface area contributed by atoms with E-state index in [1.165, 1.54) is 19.3 Å². The Morgan fingerprint density at radius 1 is 0.929 bits per heavy atom. The zero-order chi connectivity index (χ0) is 19.4. The smallest absolute Gasteiger partial charge is 0.231 e. The van der Waals surface area contributed by atoms with Crippen LogP contribution in [0.25, 0.3) is 0 Å². The molecule has 1 atom stereocenters. The van der Waals surface area contributed by atoms with Crippen LogP contribution in [0.2, 0.25) is 5.02 Å². The number of hydrogen-bond donors (Lipinski definition) is 0. The van der Waals surface area contributed by atoms with Crippen molar-refractivity contribution in [2.45, 2.75) is 38.0 Å². The summed E-state index contributed by atoms with van der Waals surface area (Å²) < 4.78 is 6.05. The lowest BCUT2D eigenvalue weighted by atomic mass is 9.71. The molecule has 0 amide bonds. The Bertz CT molecular complexity index is 888. The molecular weight excluding hydrogens is 370 g/mol. The van der Waals surface area contributed by atoms with Gasteiger partial charge in [0.15, 0.2) is 0 Å². The second-order valence-corrected chi connectivity index (χ2v) is 7.99. The maximum Gasteiger partial charge on any atom is 0.231 e. The third-order valence-corrected chi connectivity index (χ3v) is 6.00. The number of benzene rings is 2. The van der Waals surface area contributed by atoms with Crippen LogP contribution in [0.5, 0.6) is 0 Å². The van der Waals surface area contributed by atoms with Crippen LogP contribution >= 0.6 is 11.6 Å². The van der Waals surface area contributed by atoms with Crippen LogP contribution in [-0.4, -0.2) is 34.7 Å². The van der Waals surface area contributed by atoms with E-state index in [2.05, 4.69) is 51.5 Å². The van der Waals surface area contributed by atoms with E-state index in [0.717, 1.165) is 42.2 Å². The fraction of sp³-hybridized carbons (Fsp3) is 0.391. The van der Waals surface area contributed by atoms with Gasteiger partial charge in [-0.3, -0.25) is 0 Å². The molecule has 0 spiro atoms. The van der Waals surface area contributed by atoms with E-state index < -0.39 is 5.41 Å². The van der Waals surface area contributed by atoms with E-state index in [1.807, 2.05) is 25.1 Å². The summed E-state index contributed by atoms with van der Waals surface area (Å²) in [5, 5.41) is 9.37. The molecule has 0 aliphatic carbocycles. The van der Waals surface area contributed by atoms with E-state index in [1.54, 1.807) is 0 Å². The maximum absolute atomic E-state index is 6.20. The highest BCUT2D eigenvalue weighted by atomic mass is 35.5. The van der Waals surface area contributed by atoms with Crippen molar-refractivity contribution in [1.82, 2.24) is 15.1 Å². The molecular formula is C23H26ClN3O. The highest BCUT2D eigenvalue weighted by molar-refractivity contribution is 6.30. The predicted octanol–water partition coefficient (Wildman–Crippen LogP) is 5.24. The molecule has 1 aromatic heterocycles. The molecule has 2 aromatic carbocycles. The van der Waals surface area contributed by atoms with Crippen molar-refractivity contribution in [2.24, 2.45) is 0 Å². The van der Waals surface area contributed by atoms with Gasteiger partial charge in [0.1, 0.15) is 0 Å². The summed E-state index contributed by atoms with van der Waals surface area (Å²) in [6.45, 7) is 5.15. The van der Waals surface area contributed by atoms with Gasteiger partial charge in [-0.05, 0) is 62.2 Å². The van der Waals surface area contributed by atoms with Gasteiger partial charge in [-0.25, -0.2) is 0 Å². The first kappa shape index (κ1) is 19.2. The van der Waals surface area contributed by atoms with Crippen LogP contribution in [-0.2, 0) is 5.41 Å². The van der Waals surface area contributed by atoms with Crippen molar-refractivity contribution in [3.8, 4) is 0 Å². The highest BCUT2D eigenvalue weighted by Crippen LogP contribution is 2.42. The first-order chi connectivity index (χ1) is 13.7. The molecule has 146 valence electrons. The van der Waals surface area contributed by atoms with E-state index in [4.69, 9.17) is 16.0 Å². The Hall–Kier alpha value is -2.17. The van der Waals surface area contributed by atoms with Crippen molar-refractivity contribution in [1.29, 1.82) is 0 Å². The Morgan fingerprint density at radius 2 is 1.61 bits per heavy atom. The SMILES string of the molecule is Cc1nnc(C(CCN2CCCCC2)(c2ccccc2)c2ccc(Cl)cc2)o1. The van der Waals surface area contributed by atoms with E-state index >= 15 is 0 Å². The van der Waals surface area contributed by atoms with Crippen molar-refractivity contribution < 1.29 is 4.42 Å². The molecule has 4 nitrogen and oxygen atoms in total. The zero-order valence-electron chi connectivity index (χ0n) is 16.3. The average Bonchev–Trinajstić information content (AvgIpc) is 3.18. The lowest BCUT2D eigenvalue weighted by Gasteiger charge is -2.35. The molecule has 3 aromatic rings. The Balaban J connectivity index is 1.82. The quantitative estimate of drug-likeness (QED) is 0.572. The number of halogens is 1. The monoisotopic (exact) mass is 395 g/mol. The van der Waals surface area contributed by atoms with Gasteiger partial charge in [-0.15, -0.1) is 10.2 Å². The molecule has 1 fully saturated rings. The van der Waals surface area contributed by atoms with Gasteiger partial charge in [-0.2, -0.15) is 0 Å². The average molecular weight is 396 g/mol. The predicted molar refractivity (Wildman–Crippen MR) is 112 cm³/mol. The fourth-order valence-electron chi connectivity index (χ4n) is 4.24. The lowest BCUT2D eigenvalue weighted by molar-refractivity contribution is 0.210. The minimum atomic E-state index is -0.495. The summed E-state index contributed by atoms with van der Waals surface area (Å²) in [4.78, 5) is 2.56. The molecule has 4 rings (SSSR count). The summed E-state index contributed by atoms with van der Waals surface area (Å²) >= 11 is 6.20. The molecule has 0 bridgehead atoms. The largest absolute Gasteiger partial charge is 0.424 e. The Morgan fingerprint density at radius 3 is 2.25 bits per heavy atom. The molecule has 0 saturated carbocycles. The van der Waals surface area contributed by atoms with E-state index in [0.29, 0.717) is 11.8 Å². The van der Waals surface area contributed by atoms with Gasteiger partial charge in [-0.1, -0.05) is 60.5 Å². The van der Waals surface area contributed by atoms with Crippen molar-refractivity contribution in [3.05, 3.63) is 82.5 Å². The first-order valence-corrected chi connectivity index (χ1v) is 10.4. The zero-order valence-corrected chi connectivity index (χ0v) is 17.0. The summed E-state index contributed by atoms with van der Waals surface area (Å²) in [5.41, 5.74) is 1.80. The number of hydrogen-bond acceptors (Lipinski definition) is 4. The van der Waals surface area contributed by atoms with Crippen molar-refractivity contribution >= 4 is 11.6 Å². The lowest BCUT2D eigenvalue weighted by Crippen LogP contribution is -2.38. The third kappa shape index (κ3) is 3.85. The van der Waals surface area contributed by atoms with Crippen LogP contribution in [0.4, 0.5) is 0 Å². The molecule has 1 saturated heterocycles. The number of aromatic nitrogens is 2. The van der Waals surface area contributed by atoms with Gasteiger partial charge >= 0.3 is 0 Å². The first-order valence-electron chi connectivity index (χ1n) is 10.0. The topological polar surface area (TPSA) is 42.2 Å². The standard InChI is InChI=1S/C23H26ClN3O/c1-18-25-26-22(28-18)23(19-8-4-2-5-9-19,20-10-12-21(24)13-11-20)14-17-27-15-6-3-7-16-27/h2,4-5,8-13H,3,6-7,14-17H2,1H3. The Labute approximate surface area is 171 Å². The van der Waals surface area contributed by atoms with Gasteiger partial charge in [0.2, 0.25) is 11.8 Å². The molecule has 1 aliphatic rings. The van der Waals surface area contributed by atoms with Gasteiger partial charge in [0, 0.05) is 11.9 Å². The molecule has 5 heteroatoms. The van der Waals surface area contributed by atoms with Crippen LogP contribution in [0, 0.1) is 6.92 Å². The van der Waals surface area contributed by atoms with Crippen molar-refractivity contribution in [2.75, 3.05) is 19.6 Å². The summed E-state index contributed by atoms with van der Waals surface area (Å²) in [7, 11) is 0. The van der Waals surface area contributed by atoms with Crippen LogP contribution in [0.3, 0.4) is 0 Å². The highest BCUT2D eigenvalue weighted by Gasteiger charge is 2.41. The minimum Gasteiger partial charge on any atom is -0.424 e. The van der Waals surface area contributed by atoms with E-state index in [-0.39, 0.29) is 0 Å². The number of likely N-dealkylation sites (tertiary alicyclic amines) is 1. The number of aryl methyl sites for hydroxylation is 1. The second kappa shape index (κ2) is 8.46. The van der Waals surface area contributed by atoms with Gasteiger partial charge in [0.05, 0.1) is 5.41 Å². The minimum absolute atomic E-state index is 0.495. The Kier molecular flexibility index (Phi) is 5.79. The van der Waals surface area contributed by atoms with Crippen LogP contribution in [0.15, 0.2) is 59.0 Å². The van der Waals surface area contributed by atoms with Gasteiger partial charge in [0.25, 0.3) is 0 Å². The molecule has 0 N–H and O–H groups in total. The number of rotatable bonds is 6. The normalized spacial score (nSPS) is 17.4. The number of piperidine rings is 1. The third-order valence-electron chi connectivity index (χ3n) is 5.75. The van der Waals surface area contributed by atoms with Crippen LogP contribution in [0.1, 0.15) is 48.6 Å². The maximum atomic E-state index is 6.20.